The first-order valence-electron chi connectivity index (χ1n) is 7.71. The van der Waals surface area contributed by atoms with Crippen LogP contribution in [0.5, 0.6) is 5.75 Å². The summed E-state index contributed by atoms with van der Waals surface area (Å²) >= 11 is 11.8. The van der Waals surface area contributed by atoms with Crippen LogP contribution in [0.2, 0.25) is 10.0 Å². The first kappa shape index (κ1) is 17.3. The molecule has 0 atom stereocenters. The third kappa shape index (κ3) is 5.52. The van der Waals surface area contributed by atoms with E-state index in [9.17, 15) is 0 Å². The second kappa shape index (κ2) is 8.56. The molecule has 25 heavy (non-hydrogen) atoms. The number of anilines is 1. The monoisotopic (exact) mass is 370 g/mol. The summed E-state index contributed by atoms with van der Waals surface area (Å²) in [6.45, 7) is 0.462. The molecule has 3 nitrogen and oxygen atoms in total. The van der Waals surface area contributed by atoms with Crippen LogP contribution >= 0.6 is 23.2 Å². The molecule has 0 unspecified atom stereocenters. The van der Waals surface area contributed by atoms with Gasteiger partial charge in [0, 0.05) is 10.0 Å². The highest BCUT2D eigenvalue weighted by Crippen LogP contribution is 2.17. The average Bonchev–Trinajstić information content (AvgIpc) is 2.62. The van der Waals surface area contributed by atoms with Crippen LogP contribution in [0.4, 0.5) is 5.69 Å². The van der Waals surface area contributed by atoms with Gasteiger partial charge in [-0.05, 0) is 59.7 Å². The van der Waals surface area contributed by atoms with Crippen molar-refractivity contribution in [3.8, 4) is 5.75 Å². The Kier molecular flexibility index (Phi) is 5.94. The van der Waals surface area contributed by atoms with Crippen molar-refractivity contribution in [2.24, 2.45) is 5.10 Å². The Hall–Kier alpha value is -2.49. The van der Waals surface area contributed by atoms with Crippen molar-refractivity contribution in [1.29, 1.82) is 0 Å². The Morgan fingerprint density at radius 2 is 1.68 bits per heavy atom. The number of halogens is 2. The van der Waals surface area contributed by atoms with Crippen molar-refractivity contribution in [3.63, 3.8) is 0 Å². The first-order valence-corrected chi connectivity index (χ1v) is 8.46. The van der Waals surface area contributed by atoms with Gasteiger partial charge < -0.3 is 4.74 Å². The van der Waals surface area contributed by atoms with E-state index in [1.807, 2.05) is 72.8 Å². The van der Waals surface area contributed by atoms with E-state index in [-0.39, 0.29) is 0 Å². The number of nitrogens with one attached hydrogen (secondary N) is 1. The lowest BCUT2D eigenvalue weighted by Crippen LogP contribution is -1.96. The van der Waals surface area contributed by atoms with Crippen molar-refractivity contribution >= 4 is 35.1 Å². The molecule has 0 heterocycles. The highest BCUT2D eigenvalue weighted by atomic mass is 35.5. The number of ether oxygens (including phenoxy) is 1. The van der Waals surface area contributed by atoms with Crippen molar-refractivity contribution in [3.05, 3.63) is 94.0 Å². The summed E-state index contributed by atoms with van der Waals surface area (Å²) in [6, 6.07) is 22.7. The summed E-state index contributed by atoms with van der Waals surface area (Å²) < 4.78 is 5.81. The van der Waals surface area contributed by atoms with Gasteiger partial charge in [0.05, 0.1) is 11.9 Å². The van der Waals surface area contributed by atoms with Crippen LogP contribution < -0.4 is 10.2 Å². The predicted octanol–water partition coefficient (Wildman–Crippen LogP) is 6.02. The smallest absolute Gasteiger partial charge is 0.120 e. The minimum absolute atomic E-state index is 0.462. The lowest BCUT2D eigenvalue weighted by Gasteiger charge is -2.07. The number of hydrazone groups is 1. The zero-order valence-electron chi connectivity index (χ0n) is 13.3. The molecule has 0 aliphatic heterocycles. The molecule has 0 saturated heterocycles. The van der Waals surface area contributed by atoms with E-state index in [0.717, 1.165) is 22.6 Å². The van der Waals surface area contributed by atoms with Crippen LogP contribution in [-0.2, 0) is 6.61 Å². The molecule has 0 fully saturated rings. The van der Waals surface area contributed by atoms with Gasteiger partial charge in [-0.3, -0.25) is 5.43 Å². The Bertz CT molecular complexity index is 864. The topological polar surface area (TPSA) is 33.6 Å². The van der Waals surface area contributed by atoms with Gasteiger partial charge in [0.2, 0.25) is 0 Å². The summed E-state index contributed by atoms with van der Waals surface area (Å²) in [5.74, 6) is 0.774. The number of hydrogen-bond acceptors (Lipinski definition) is 3. The highest BCUT2D eigenvalue weighted by molar-refractivity contribution is 6.30. The molecule has 1 N–H and O–H groups in total. The van der Waals surface area contributed by atoms with Gasteiger partial charge in [-0.15, -0.1) is 0 Å². The van der Waals surface area contributed by atoms with Crippen molar-refractivity contribution in [2.45, 2.75) is 6.61 Å². The molecule has 0 aliphatic carbocycles. The molecule has 126 valence electrons. The Morgan fingerprint density at radius 1 is 0.880 bits per heavy atom. The highest BCUT2D eigenvalue weighted by Gasteiger charge is 1.98. The normalized spacial score (nSPS) is 10.8. The molecule has 0 aromatic heterocycles. The van der Waals surface area contributed by atoms with Gasteiger partial charge in [0.15, 0.2) is 0 Å². The van der Waals surface area contributed by atoms with Crippen LogP contribution in [0.25, 0.3) is 0 Å². The molecule has 3 aromatic rings. The fourth-order valence-corrected chi connectivity index (χ4v) is 2.52. The van der Waals surface area contributed by atoms with E-state index in [4.69, 9.17) is 27.9 Å². The summed E-state index contributed by atoms with van der Waals surface area (Å²) in [4.78, 5) is 0. The summed E-state index contributed by atoms with van der Waals surface area (Å²) in [5.41, 5.74) is 5.79. The molecule has 0 aliphatic rings. The van der Waals surface area contributed by atoms with E-state index < -0.39 is 0 Å². The molecule has 0 radical (unpaired) electrons. The minimum Gasteiger partial charge on any atom is -0.489 e. The number of nitrogens with zero attached hydrogens (tertiary/aromatic N) is 1. The summed E-state index contributed by atoms with van der Waals surface area (Å²) in [7, 11) is 0. The van der Waals surface area contributed by atoms with E-state index in [2.05, 4.69) is 10.5 Å². The van der Waals surface area contributed by atoms with Gasteiger partial charge in [-0.25, -0.2) is 0 Å². The molecule has 0 spiro atoms. The van der Waals surface area contributed by atoms with Crippen molar-refractivity contribution in [1.82, 2.24) is 0 Å². The van der Waals surface area contributed by atoms with E-state index in [1.54, 1.807) is 6.21 Å². The van der Waals surface area contributed by atoms with Gasteiger partial charge in [0.1, 0.15) is 12.4 Å². The van der Waals surface area contributed by atoms with Crippen molar-refractivity contribution in [2.75, 3.05) is 5.43 Å². The zero-order valence-corrected chi connectivity index (χ0v) is 14.8. The second-order valence-corrected chi connectivity index (χ2v) is 6.24. The fraction of sp³-hybridized carbons (Fsp3) is 0.0500. The van der Waals surface area contributed by atoms with Crippen LogP contribution in [-0.4, -0.2) is 6.21 Å². The average molecular weight is 371 g/mol. The Morgan fingerprint density at radius 3 is 2.48 bits per heavy atom. The maximum atomic E-state index is 5.98. The SMILES string of the molecule is Clc1ccc(NN=Cc2cccc(OCc3cccc(Cl)c3)c2)cc1. The van der Waals surface area contributed by atoms with E-state index >= 15 is 0 Å². The van der Waals surface area contributed by atoms with Gasteiger partial charge in [-0.2, -0.15) is 5.10 Å². The largest absolute Gasteiger partial charge is 0.489 e. The molecular weight excluding hydrogens is 355 g/mol. The molecule has 3 aromatic carbocycles. The standard InChI is InChI=1S/C20H16Cl2N2O/c21-17-7-9-19(10-8-17)24-23-13-15-3-2-6-20(12-15)25-14-16-4-1-5-18(22)11-16/h1-13,24H,14H2. The summed E-state index contributed by atoms with van der Waals surface area (Å²) in [5, 5.41) is 5.62. The Labute approximate surface area is 156 Å². The van der Waals surface area contributed by atoms with Crippen LogP contribution in [0.1, 0.15) is 11.1 Å². The van der Waals surface area contributed by atoms with Gasteiger partial charge >= 0.3 is 0 Å². The van der Waals surface area contributed by atoms with Crippen LogP contribution in [0, 0.1) is 0 Å². The molecule has 3 rings (SSSR count). The maximum Gasteiger partial charge on any atom is 0.120 e. The first-order chi connectivity index (χ1) is 12.2. The third-order valence-electron chi connectivity index (χ3n) is 3.40. The maximum absolute atomic E-state index is 5.98. The van der Waals surface area contributed by atoms with Gasteiger partial charge in [0.25, 0.3) is 0 Å². The fourth-order valence-electron chi connectivity index (χ4n) is 2.18. The number of rotatable bonds is 6. The van der Waals surface area contributed by atoms with Crippen LogP contribution in [0.15, 0.2) is 77.9 Å². The summed E-state index contributed by atoms with van der Waals surface area (Å²) in [6.07, 6.45) is 1.74. The van der Waals surface area contributed by atoms with E-state index in [1.165, 1.54) is 0 Å². The zero-order chi connectivity index (χ0) is 17.5. The number of hydrogen-bond donors (Lipinski definition) is 1. The number of benzene rings is 3. The predicted molar refractivity (Wildman–Crippen MR) is 105 cm³/mol. The molecule has 0 amide bonds. The molecule has 0 saturated carbocycles. The second-order valence-electron chi connectivity index (χ2n) is 5.37. The lowest BCUT2D eigenvalue weighted by molar-refractivity contribution is 0.306. The lowest BCUT2D eigenvalue weighted by atomic mass is 10.2. The van der Waals surface area contributed by atoms with E-state index in [0.29, 0.717) is 16.7 Å². The molecule has 0 bridgehead atoms. The van der Waals surface area contributed by atoms with Crippen LogP contribution in [0.3, 0.4) is 0 Å². The third-order valence-corrected chi connectivity index (χ3v) is 3.89. The quantitative estimate of drug-likeness (QED) is 0.425. The Balaban J connectivity index is 1.59. The minimum atomic E-state index is 0.462. The van der Waals surface area contributed by atoms with Crippen molar-refractivity contribution < 1.29 is 4.74 Å². The van der Waals surface area contributed by atoms with Gasteiger partial charge in [-0.1, -0.05) is 47.5 Å². The molecular formula is C20H16Cl2N2O. The molecule has 5 heteroatoms.